The molecule has 0 radical (unpaired) electrons. The molecule has 1 fully saturated rings. The first-order valence-electron chi connectivity index (χ1n) is 7.22. The Kier molecular flexibility index (Phi) is 3.35. The number of hydrogen-bond donors (Lipinski definition) is 0. The van der Waals surface area contributed by atoms with Crippen molar-refractivity contribution in [1.82, 2.24) is 0 Å². The molecule has 0 atom stereocenters. The lowest BCUT2D eigenvalue weighted by Gasteiger charge is -2.34. The smallest absolute Gasteiger partial charge is 0.166 e. The molecule has 0 saturated heterocycles. The van der Waals surface area contributed by atoms with Gasteiger partial charge in [-0.05, 0) is 30.9 Å². The lowest BCUT2D eigenvalue weighted by molar-refractivity contribution is 0.0979. The van der Waals surface area contributed by atoms with Crippen LogP contribution in [0.2, 0.25) is 0 Å². The lowest BCUT2D eigenvalue weighted by atomic mass is 9.88. The normalized spacial score (nSPS) is 20.9. The van der Waals surface area contributed by atoms with E-state index in [1.165, 1.54) is 37.8 Å². The van der Waals surface area contributed by atoms with Crippen LogP contribution in [0.25, 0.3) is 0 Å². The Morgan fingerprint density at radius 2 is 1.89 bits per heavy atom. The van der Waals surface area contributed by atoms with Crippen LogP contribution in [0.4, 0.5) is 5.69 Å². The number of rotatable bonds is 2. The molecule has 0 unspecified atom stereocenters. The summed E-state index contributed by atoms with van der Waals surface area (Å²) in [7, 11) is 0. The lowest BCUT2D eigenvalue weighted by Crippen LogP contribution is -2.36. The largest absolute Gasteiger partial charge is 0.370 e. The van der Waals surface area contributed by atoms with Gasteiger partial charge in [0.25, 0.3) is 0 Å². The van der Waals surface area contributed by atoms with Gasteiger partial charge in [0, 0.05) is 30.8 Å². The maximum atomic E-state index is 11.9. The Bertz CT molecular complexity index is 434. The fourth-order valence-electron chi connectivity index (χ4n) is 3.35. The van der Waals surface area contributed by atoms with E-state index in [2.05, 4.69) is 11.0 Å². The summed E-state index contributed by atoms with van der Waals surface area (Å²) in [6, 6.07) is 8.10. The second-order valence-electron chi connectivity index (χ2n) is 5.64. The van der Waals surface area contributed by atoms with E-state index in [4.69, 9.17) is 0 Å². The molecule has 2 heteroatoms. The second kappa shape index (κ2) is 5.13. The molecule has 0 aromatic heterocycles. The summed E-state index contributed by atoms with van der Waals surface area (Å²) in [5.74, 6) is 1.14. The molecule has 1 heterocycles. The first-order valence-corrected chi connectivity index (χ1v) is 7.22. The van der Waals surface area contributed by atoms with Crippen molar-refractivity contribution in [2.24, 2.45) is 5.92 Å². The minimum absolute atomic E-state index is 0.311. The molecule has 1 aliphatic carbocycles. The van der Waals surface area contributed by atoms with Crippen LogP contribution in [0.3, 0.4) is 0 Å². The number of fused-ring (bicyclic) bond motifs is 1. The maximum Gasteiger partial charge on any atom is 0.166 e. The van der Waals surface area contributed by atoms with Crippen LogP contribution in [0, 0.1) is 5.92 Å². The fourth-order valence-corrected chi connectivity index (χ4v) is 3.35. The number of carbonyl (C=O) groups is 1. The predicted molar refractivity (Wildman–Crippen MR) is 74.2 cm³/mol. The van der Waals surface area contributed by atoms with Crippen LogP contribution in [-0.4, -0.2) is 18.9 Å². The van der Waals surface area contributed by atoms with Gasteiger partial charge in [0.05, 0.1) is 0 Å². The van der Waals surface area contributed by atoms with E-state index in [1.54, 1.807) is 0 Å². The highest BCUT2D eigenvalue weighted by Crippen LogP contribution is 2.30. The number of hydrogen-bond acceptors (Lipinski definition) is 2. The zero-order chi connectivity index (χ0) is 12.4. The summed E-state index contributed by atoms with van der Waals surface area (Å²) < 4.78 is 0. The summed E-state index contributed by atoms with van der Waals surface area (Å²) in [5.41, 5.74) is 2.10. The van der Waals surface area contributed by atoms with Crippen molar-refractivity contribution in [3.8, 4) is 0 Å². The monoisotopic (exact) mass is 243 g/mol. The number of para-hydroxylation sites is 1. The van der Waals surface area contributed by atoms with Crippen molar-refractivity contribution < 1.29 is 4.79 Å². The zero-order valence-corrected chi connectivity index (χ0v) is 10.9. The van der Waals surface area contributed by atoms with Gasteiger partial charge in [-0.15, -0.1) is 0 Å². The zero-order valence-electron chi connectivity index (χ0n) is 10.9. The molecule has 0 bridgehead atoms. The molecule has 2 aliphatic rings. The third-order valence-corrected chi connectivity index (χ3v) is 4.36. The minimum atomic E-state index is 0.311. The topological polar surface area (TPSA) is 20.3 Å². The summed E-state index contributed by atoms with van der Waals surface area (Å²) >= 11 is 0. The van der Waals surface area contributed by atoms with Crippen LogP contribution < -0.4 is 4.90 Å². The van der Waals surface area contributed by atoms with Gasteiger partial charge in [-0.1, -0.05) is 31.4 Å². The quantitative estimate of drug-likeness (QED) is 0.790. The Labute approximate surface area is 109 Å². The third-order valence-electron chi connectivity index (χ3n) is 4.36. The van der Waals surface area contributed by atoms with E-state index in [0.717, 1.165) is 24.6 Å². The Hall–Kier alpha value is -1.31. The van der Waals surface area contributed by atoms with Gasteiger partial charge >= 0.3 is 0 Å². The highest BCUT2D eigenvalue weighted by Gasteiger charge is 2.25. The molecular weight excluding hydrogens is 222 g/mol. The molecule has 2 nitrogen and oxygen atoms in total. The molecule has 0 amide bonds. The number of Topliss-reactive ketones (excluding diaryl/α,β-unsaturated/α-hetero) is 1. The van der Waals surface area contributed by atoms with E-state index in [0.29, 0.717) is 12.2 Å². The Balaban J connectivity index is 1.77. The van der Waals surface area contributed by atoms with Gasteiger partial charge < -0.3 is 4.90 Å². The van der Waals surface area contributed by atoms with Crippen LogP contribution in [0.1, 0.15) is 48.9 Å². The maximum absolute atomic E-state index is 11.9. The standard InChI is InChI=1S/C16H21NO/c18-16-10-11-17(12-13-6-2-1-3-7-13)15-9-5-4-8-14(15)16/h4-5,8-9,13H,1-3,6-7,10-12H2. The minimum Gasteiger partial charge on any atom is -0.370 e. The van der Waals surface area contributed by atoms with Crippen molar-refractivity contribution >= 4 is 11.5 Å². The van der Waals surface area contributed by atoms with Gasteiger partial charge in [-0.3, -0.25) is 4.79 Å². The van der Waals surface area contributed by atoms with Crippen LogP contribution in [-0.2, 0) is 0 Å². The number of ketones is 1. The average Bonchev–Trinajstić information content (AvgIpc) is 2.44. The SMILES string of the molecule is O=C1CCN(CC2CCCCC2)c2ccccc21. The van der Waals surface area contributed by atoms with E-state index >= 15 is 0 Å². The molecule has 1 saturated carbocycles. The highest BCUT2D eigenvalue weighted by atomic mass is 16.1. The summed E-state index contributed by atoms with van der Waals surface area (Å²) in [6.45, 7) is 2.05. The summed E-state index contributed by atoms with van der Waals surface area (Å²) in [5, 5.41) is 0. The van der Waals surface area contributed by atoms with Crippen LogP contribution in [0.15, 0.2) is 24.3 Å². The average molecular weight is 243 g/mol. The molecule has 96 valence electrons. The molecule has 18 heavy (non-hydrogen) atoms. The second-order valence-corrected chi connectivity index (χ2v) is 5.64. The third kappa shape index (κ3) is 2.29. The molecule has 1 aromatic rings. The van der Waals surface area contributed by atoms with Crippen molar-refractivity contribution in [1.29, 1.82) is 0 Å². The number of anilines is 1. The van der Waals surface area contributed by atoms with Gasteiger partial charge in [-0.25, -0.2) is 0 Å². The van der Waals surface area contributed by atoms with Gasteiger partial charge in [0.1, 0.15) is 0 Å². The first kappa shape index (κ1) is 11.8. The fraction of sp³-hybridized carbons (Fsp3) is 0.562. The molecule has 0 spiro atoms. The van der Waals surface area contributed by atoms with E-state index < -0.39 is 0 Å². The van der Waals surface area contributed by atoms with Crippen LogP contribution >= 0.6 is 0 Å². The summed E-state index contributed by atoms with van der Waals surface area (Å²) in [6.07, 6.45) is 7.60. The molecule has 1 aromatic carbocycles. The van der Waals surface area contributed by atoms with Crippen molar-refractivity contribution in [3.63, 3.8) is 0 Å². The predicted octanol–water partition coefficient (Wildman–Crippen LogP) is 3.66. The van der Waals surface area contributed by atoms with Crippen molar-refractivity contribution in [3.05, 3.63) is 29.8 Å². The highest BCUT2D eigenvalue weighted by molar-refractivity contribution is 6.03. The molecule has 1 aliphatic heterocycles. The number of nitrogens with zero attached hydrogens (tertiary/aromatic N) is 1. The number of benzene rings is 1. The van der Waals surface area contributed by atoms with Gasteiger partial charge in [0.15, 0.2) is 5.78 Å². The van der Waals surface area contributed by atoms with E-state index in [9.17, 15) is 4.79 Å². The van der Waals surface area contributed by atoms with Gasteiger partial charge in [0.2, 0.25) is 0 Å². The van der Waals surface area contributed by atoms with E-state index in [1.807, 2.05) is 18.2 Å². The van der Waals surface area contributed by atoms with Crippen molar-refractivity contribution in [2.45, 2.75) is 38.5 Å². The molecular formula is C16H21NO. The number of carbonyl (C=O) groups excluding carboxylic acids is 1. The van der Waals surface area contributed by atoms with E-state index in [-0.39, 0.29) is 0 Å². The van der Waals surface area contributed by atoms with Crippen LogP contribution in [0.5, 0.6) is 0 Å². The molecule has 0 N–H and O–H groups in total. The van der Waals surface area contributed by atoms with Gasteiger partial charge in [-0.2, -0.15) is 0 Å². The Morgan fingerprint density at radius 3 is 2.72 bits per heavy atom. The first-order chi connectivity index (χ1) is 8.84. The Morgan fingerprint density at radius 1 is 1.11 bits per heavy atom. The summed E-state index contributed by atoms with van der Waals surface area (Å²) in [4.78, 5) is 14.3. The molecule has 3 rings (SSSR count). The van der Waals surface area contributed by atoms with Crippen molar-refractivity contribution in [2.75, 3.05) is 18.0 Å².